The lowest BCUT2D eigenvalue weighted by atomic mass is 10.0. The SMILES string of the molecule is CCOC(=O)C(=Cc1ccccc1)c1ccccc1N([O-])O. The summed E-state index contributed by atoms with van der Waals surface area (Å²) in [4.78, 5) is 12.2. The molecule has 0 heterocycles. The zero-order valence-corrected chi connectivity index (χ0v) is 12.1. The van der Waals surface area contributed by atoms with Crippen LogP contribution >= 0.6 is 0 Å². The Morgan fingerprint density at radius 2 is 1.82 bits per heavy atom. The summed E-state index contributed by atoms with van der Waals surface area (Å²) in [5.74, 6) is -0.555. The number of carbonyl (C=O) groups is 1. The number of hydrogen-bond donors (Lipinski definition) is 1. The number of nitrogens with zero attached hydrogens (tertiary/aromatic N) is 1. The highest BCUT2D eigenvalue weighted by Crippen LogP contribution is 2.28. The standard InChI is InChI=1S/C17H16NO4/c1-2-22-17(19)15(12-13-8-4-3-5-9-13)14-10-6-7-11-16(14)18(20)21/h3-12,20H,2H2,1H3/q-1. The Labute approximate surface area is 128 Å². The van der Waals surface area contributed by atoms with Gasteiger partial charge in [-0.3, -0.25) is 5.21 Å². The van der Waals surface area contributed by atoms with Crippen molar-refractivity contribution >= 4 is 23.3 Å². The summed E-state index contributed by atoms with van der Waals surface area (Å²) in [5.41, 5.74) is 1.29. The van der Waals surface area contributed by atoms with Crippen LogP contribution in [-0.2, 0) is 9.53 Å². The average Bonchev–Trinajstić information content (AvgIpc) is 2.53. The Kier molecular flexibility index (Phi) is 5.30. The molecule has 0 radical (unpaired) electrons. The predicted molar refractivity (Wildman–Crippen MR) is 85.0 cm³/mol. The summed E-state index contributed by atoms with van der Waals surface area (Å²) in [6.45, 7) is 1.92. The molecule has 2 rings (SSSR count). The fourth-order valence-corrected chi connectivity index (χ4v) is 2.04. The molecule has 0 aliphatic carbocycles. The highest BCUT2D eigenvalue weighted by atomic mass is 16.8. The van der Waals surface area contributed by atoms with Gasteiger partial charge in [0.1, 0.15) is 0 Å². The Hall–Kier alpha value is -2.63. The van der Waals surface area contributed by atoms with Gasteiger partial charge in [-0.05, 0) is 24.6 Å². The number of benzene rings is 2. The minimum absolute atomic E-state index is 0.0160. The summed E-state index contributed by atoms with van der Waals surface area (Å²) < 4.78 is 5.06. The van der Waals surface area contributed by atoms with Gasteiger partial charge in [-0.2, -0.15) is 0 Å². The molecule has 5 heteroatoms. The molecule has 2 aromatic rings. The second-order valence-corrected chi connectivity index (χ2v) is 4.48. The number of rotatable bonds is 5. The Balaban J connectivity index is 2.55. The Morgan fingerprint density at radius 1 is 1.18 bits per heavy atom. The average molecular weight is 298 g/mol. The fraction of sp³-hybridized carbons (Fsp3) is 0.118. The molecule has 0 aliphatic heterocycles. The van der Waals surface area contributed by atoms with Crippen molar-refractivity contribution in [2.45, 2.75) is 6.92 Å². The van der Waals surface area contributed by atoms with Crippen molar-refractivity contribution in [3.05, 3.63) is 70.9 Å². The summed E-state index contributed by atoms with van der Waals surface area (Å²) in [5, 5.41) is 20.3. The van der Waals surface area contributed by atoms with Crippen LogP contribution in [0.2, 0.25) is 0 Å². The molecule has 114 valence electrons. The molecule has 0 spiro atoms. The lowest BCUT2D eigenvalue weighted by molar-refractivity contribution is -0.136. The van der Waals surface area contributed by atoms with E-state index in [1.54, 1.807) is 31.2 Å². The zero-order chi connectivity index (χ0) is 15.9. The van der Waals surface area contributed by atoms with E-state index in [9.17, 15) is 15.2 Å². The number of para-hydroxylation sites is 1. The second-order valence-electron chi connectivity index (χ2n) is 4.48. The fourth-order valence-electron chi connectivity index (χ4n) is 2.04. The molecule has 0 amide bonds. The maximum Gasteiger partial charge on any atom is 0.338 e. The third kappa shape index (κ3) is 3.72. The van der Waals surface area contributed by atoms with Gasteiger partial charge >= 0.3 is 5.97 Å². The molecule has 0 bridgehead atoms. The monoisotopic (exact) mass is 298 g/mol. The molecular formula is C17H16NO4-. The van der Waals surface area contributed by atoms with E-state index in [1.165, 1.54) is 6.07 Å². The van der Waals surface area contributed by atoms with Crippen LogP contribution in [0.5, 0.6) is 0 Å². The van der Waals surface area contributed by atoms with Crippen molar-refractivity contribution in [2.24, 2.45) is 0 Å². The molecule has 0 fully saturated rings. The first-order chi connectivity index (χ1) is 10.6. The summed E-state index contributed by atoms with van der Waals surface area (Å²) in [7, 11) is 0. The molecule has 0 unspecified atom stereocenters. The van der Waals surface area contributed by atoms with E-state index >= 15 is 0 Å². The van der Waals surface area contributed by atoms with Crippen LogP contribution in [0.15, 0.2) is 54.6 Å². The van der Waals surface area contributed by atoms with E-state index in [1.807, 2.05) is 30.3 Å². The second kappa shape index (κ2) is 7.40. The highest BCUT2D eigenvalue weighted by molar-refractivity contribution is 6.23. The van der Waals surface area contributed by atoms with Gasteiger partial charge in [-0.1, -0.05) is 48.5 Å². The largest absolute Gasteiger partial charge is 0.733 e. The summed E-state index contributed by atoms with van der Waals surface area (Å²) in [6, 6.07) is 15.5. The highest BCUT2D eigenvalue weighted by Gasteiger charge is 2.17. The molecular weight excluding hydrogens is 282 g/mol. The van der Waals surface area contributed by atoms with Crippen LogP contribution in [-0.4, -0.2) is 17.8 Å². The number of hydrogen-bond acceptors (Lipinski definition) is 5. The molecule has 2 aromatic carbocycles. The first kappa shape index (κ1) is 15.8. The Morgan fingerprint density at radius 3 is 2.45 bits per heavy atom. The topological polar surface area (TPSA) is 72.8 Å². The van der Waals surface area contributed by atoms with Crippen LogP contribution in [0.1, 0.15) is 18.1 Å². The van der Waals surface area contributed by atoms with E-state index in [2.05, 4.69) is 0 Å². The van der Waals surface area contributed by atoms with Gasteiger partial charge in [0.15, 0.2) is 0 Å². The van der Waals surface area contributed by atoms with Gasteiger partial charge in [0.25, 0.3) is 0 Å². The quantitative estimate of drug-likeness (QED) is 0.396. The minimum atomic E-state index is -0.555. The van der Waals surface area contributed by atoms with Crippen LogP contribution in [0.4, 0.5) is 5.69 Å². The predicted octanol–water partition coefficient (Wildman–Crippen LogP) is 3.48. The lowest BCUT2D eigenvalue weighted by Crippen LogP contribution is -2.13. The van der Waals surface area contributed by atoms with Crippen molar-refractivity contribution in [3.63, 3.8) is 0 Å². The molecule has 0 atom stereocenters. The summed E-state index contributed by atoms with van der Waals surface area (Å²) >= 11 is 0. The van der Waals surface area contributed by atoms with Crippen molar-refractivity contribution in [1.82, 2.24) is 0 Å². The van der Waals surface area contributed by atoms with E-state index in [0.29, 0.717) is 5.56 Å². The minimum Gasteiger partial charge on any atom is -0.733 e. The molecule has 0 saturated carbocycles. The van der Waals surface area contributed by atoms with Crippen LogP contribution < -0.4 is 5.23 Å². The van der Waals surface area contributed by atoms with Crippen LogP contribution in [0.25, 0.3) is 11.6 Å². The maximum absolute atomic E-state index is 12.2. The lowest BCUT2D eigenvalue weighted by Gasteiger charge is -2.25. The molecule has 5 nitrogen and oxygen atoms in total. The van der Waals surface area contributed by atoms with Crippen LogP contribution in [0, 0.1) is 5.21 Å². The number of carbonyl (C=O) groups excluding carboxylic acids is 1. The number of esters is 1. The van der Waals surface area contributed by atoms with Gasteiger partial charge < -0.3 is 15.2 Å². The van der Waals surface area contributed by atoms with E-state index < -0.39 is 5.97 Å². The van der Waals surface area contributed by atoms with Crippen molar-refractivity contribution in [2.75, 3.05) is 11.8 Å². The number of anilines is 1. The van der Waals surface area contributed by atoms with E-state index in [4.69, 9.17) is 4.74 Å². The maximum atomic E-state index is 12.2. The summed E-state index contributed by atoms with van der Waals surface area (Å²) in [6.07, 6.45) is 1.63. The zero-order valence-electron chi connectivity index (χ0n) is 12.1. The van der Waals surface area contributed by atoms with Crippen molar-refractivity contribution < 1.29 is 14.7 Å². The van der Waals surface area contributed by atoms with E-state index in [0.717, 1.165) is 5.56 Å². The van der Waals surface area contributed by atoms with Gasteiger partial charge in [0.05, 0.1) is 17.9 Å². The first-order valence-electron chi connectivity index (χ1n) is 6.83. The molecule has 0 aromatic heterocycles. The molecule has 0 saturated heterocycles. The molecule has 22 heavy (non-hydrogen) atoms. The van der Waals surface area contributed by atoms with Crippen molar-refractivity contribution in [3.8, 4) is 0 Å². The third-order valence-electron chi connectivity index (χ3n) is 3.01. The normalized spacial score (nSPS) is 11.1. The van der Waals surface area contributed by atoms with E-state index in [-0.39, 0.29) is 23.1 Å². The first-order valence-corrected chi connectivity index (χ1v) is 6.83. The van der Waals surface area contributed by atoms with Gasteiger partial charge in [-0.15, -0.1) is 0 Å². The Bertz CT molecular complexity index is 665. The smallest absolute Gasteiger partial charge is 0.338 e. The van der Waals surface area contributed by atoms with Gasteiger partial charge in [-0.25, -0.2) is 4.79 Å². The number of ether oxygens (including phenoxy) is 1. The van der Waals surface area contributed by atoms with Crippen LogP contribution in [0.3, 0.4) is 0 Å². The van der Waals surface area contributed by atoms with Gasteiger partial charge in [0, 0.05) is 5.56 Å². The van der Waals surface area contributed by atoms with Gasteiger partial charge in [0.2, 0.25) is 0 Å². The third-order valence-corrected chi connectivity index (χ3v) is 3.01. The molecule has 0 aliphatic rings. The van der Waals surface area contributed by atoms with Crippen molar-refractivity contribution in [1.29, 1.82) is 0 Å². The molecule has 1 N–H and O–H groups in total.